The van der Waals surface area contributed by atoms with Gasteiger partial charge in [-0.1, -0.05) is 13.8 Å². The molecule has 204 valence electrons. The second kappa shape index (κ2) is 12.9. The summed E-state index contributed by atoms with van der Waals surface area (Å²) in [5.74, 6) is -0.402. The van der Waals surface area contributed by atoms with Crippen LogP contribution in [-0.2, 0) is 23.6 Å². The number of aromatic nitrogens is 6. The Morgan fingerprint density at radius 1 is 0.784 bits per heavy atom. The maximum absolute atomic E-state index is 12.3. The Balaban J connectivity index is 0.000000360. The fourth-order valence-corrected chi connectivity index (χ4v) is 3.31. The average molecular weight is 580 g/mol. The fourth-order valence-electron chi connectivity index (χ4n) is 2.81. The van der Waals surface area contributed by atoms with Crippen molar-refractivity contribution >= 4 is 27.9 Å². The van der Waals surface area contributed by atoms with E-state index in [0.717, 1.165) is 11.4 Å². The molecule has 3 heterocycles. The molecule has 0 unspecified atom stereocenters. The predicted octanol–water partition coefficient (Wildman–Crippen LogP) is 5.61. The van der Waals surface area contributed by atoms with Gasteiger partial charge in [-0.15, -0.1) is 0 Å². The van der Waals surface area contributed by atoms with Gasteiger partial charge in [0.15, 0.2) is 17.2 Å². The molecule has 0 aliphatic heterocycles. The van der Waals surface area contributed by atoms with Crippen LogP contribution in [0.1, 0.15) is 87.8 Å². The first-order chi connectivity index (χ1) is 17.0. The predicted molar refractivity (Wildman–Crippen MR) is 146 cm³/mol. The number of hydrogen-bond donors (Lipinski definition) is 0. The van der Waals surface area contributed by atoms with Crippen LogP contribution in [0.25, 0.3) is 11.4 Å². The summed E-state index contributed by atoms with van der Waals surface area (Å²) in [4.78, 5) is 32.4. The summed E-state index contributed by atoms with van der Waals surface area (Å²) < 4.78 is 14.6. The van der Waals surface area contributed by atoms with Gasteiger partial charge in [-0.2, -0.15) is 10.2 Å². The Morgan fingerprint density at radius 3 is 1.59 bits per heavy atom. The number of ether oxygens (including phenoxy) is 2. The van der Waals surface area contributed by atoms with Crippen molar-refractivity contribution in [1.29, 1.82) is 0 Å². The third-order valence-electron chi connectivity index (χ3n) is 4.57. The molecule has 0 aliphatic carbocycles. The third-order valence-corrected chi connectivity index (χ3v) is 5.52. The molecule has 0 saturated heterocycles. The Kier molecular flexibility index (Phi) is 11.2. The van der Waals surface area contributed by atoms with Gasteiger partial charge >= 0.3 is 11.9 Å². The summed E-state index contributed by atoms with van der Waals surface area (Å²) in [6.45, 7) is 18.7. The van der Waals surface area contributed by atoms with Crippen molar-refractivity contribution in [1.82, 2.24) is 29.5 Å². The largest absolute Gasteiger partial charge is 0.455 e. The zero-order valence-electron chi connectivity index (χ0n) is 23.9. The van der Waals surface area contributed by atoms with Crippen LogP contribution in [0.4, 0.5) is 0 Å². The minimum atomic E-state index is -0.572. The lowest BCUT2D eigenvalue weighted by molar-refractivity contribution is 0.00496. The van der Waals surface area contributed by atoms with Crippen LogP contribution in [0, 0.1) is 13.8 Å². The summed E-state index contributed by atoms with van der Waals surface area (Å²) in [5.41, 5.74) is 1.82. The zero-order chi connectivity index (χ0) is 28.7. The van der Waals surface area contributed by atoms with E-state index < -0.39 is 23.1 Å². The normalized spacial score (nSPS) is 11.1. The molecular formula is C26H39BrN6O4. The molecule has 0 spiro atoms. The highest BCUT2D eigenvalue weighted by Gasteiger charge is 2.27. The van der Waals surface area contributed by atoms with E-state index in [2.05, 4.69) is 36.1 Å². The molecule has 0 atom stereocenters. The molecule has 0 saturated carbocycles. The van der Waals surface area contributed by atoms with Crippen LogP contribution in [0.3, 0.4) is 0 Å². The minimum absolute atomic E-state index is 0.242. The highest BCUT2D eigenvalue weighted by Crippen LogP contribution is 2.25. The minimum Gasteiger partial charge on any atom is -0.455 e. The molecular weight excluding hydrogens is 540 g/mol. The summed E-state index contributed by atoms with van der Waals surface area (Å²) >= 11 is 3.32. The SMILES string of the molecule is CC.Cc1c(-c2ncccn2)c(C(=O)OC(C)(C)C)nn1C.Cc1c(Br)c(C(=O)OC(C)(C)C)nn1C. The number of carbonyl (C=O) groups excluding carboxylic acids is 2. The first kappa shape index (κ1) is 31.9. The molecule has 3 rings (SSSR count). The Bertz CT molecular complexity index is 1200. The fraction of sp³-hybridized carbons (Fsp3) is 0.538. The standard InChI is InChI=1S/C14H18N4O2.C10H15BrN2O2.C2H6/c1-9-10(12-15-7-6-8-16-12)11(17-18(9)5)13(19)20-14(2,3)4;1-6-7(11)8(12-13(6)5)9(14)15-10(2,3)4;1-2/h6-8H,1-5H3;1-5H3;1-2H3. The number of carbonyl (C=O) groups is 2. The zero-order valence-corrected chi connectivity index (χ0v) is 25.5. The first-order valence-electron chi connectivity index (χ1n) is 12.0. The Hall–Kier alpha value is -3.08. The second-order valence-electron chi connectivity index (χ2n) is 9.88. The molecule has 0 radical (unpaired) electrons. The van der Waals surface area contributed by atoms with Crippen LogP contribution in [-0.4, -0.2) is 52.7 Å². The molecule has 3 aromatic rings. The van der Waals surface area contributed by atoms with Gasteiger partial charge < -0.3 is 9.47 Å². The number of hydrogen-bond acceptors (Lipinski definition) is 8. The van der Waals surface area contributed by atoms with Gasteiger partial charge in [0.1, 0.15) is 11.2 Å². The van der Waals surface area contributed by atoms with E-state index in [4.69, 9.17) is 9.47 Å². The van der Waals surface area contributed by atoms with Gasteiger partial charge in [-0.25, -0.2) is 19.6 Å². The van der Waals surface area contributed by atoms with Gasteiger partial charge in [0.05, 0.1) is 15.7 Å². The molecule has 3 aromatic heterocycles. The van der Waals surface area contributed by atoms with Crippen molar-refractivity contribution in [2.75, 3.05) is 0 Å². The van der Waals surface area contributed by atoms with Gasteiger partial charge in [-0.3, -0.25) is 9.36 Å². The highest BCUT2D eigenvalue weighted by atomic mass is 79.9. The van der Waals surface area contributed by atoms with Crippen molar-refractivity contribution in [3.8, 4) is 11.4 Å². The molecule has 0 amide bonds. The number of aryl methyl sites for hydroxylation is 2. The van der Waals surface area contributed by atoms with E-state index in [9.17, 15) is 9.59 Å². The molecule has 0 N–H and O–H groups in total. The summed E-state index contributed by atoms with van der Waals surface area (Å²) in [6.07, 6.45) is 3.27. The van der Waals surface area contributed by atoms with Crippen LogP contribution in [0.2, 0.25) is 0 Å². The van der Waals surface area contributed by atoms with Crippen LogP contribution < -0.4 is 0 Å². The summed E-state index contributed by atoms with van der Waals surface area (Å²) in [7, 11) is 3.56. The monoisotopic (exact) mass is 578 g/mol. The van der Waals surface area contributed by atoms with Crippen LogP contribution in [0.5, 0.6) is 0 Å². The summed E-state index contributed by atoms with van der Waals surface area (Å²) in [5, 5.41) is 8.32. The van der Waals surface area contributed by atoms with Gasteiger partial charge in [0, 0.05) is 32.2 Å². The van der Waals surface area contributed by atoms with Crippen molar-refractivity contribution in [2.45, 2.75) is 80.4 Å². The van der Waals surface area contributed by atoms with Crippen molar-refractivity contribution < 1.29 is 19.1 Å². The molecule has 0 aliphatic rings. The number of rotatable bonds is 3. The van der Waals surface area contributed by atoms with E-state index in [0.29, 0.717) is 21.6 Å². The molecule has 0 fully saturated rings. The van der Waals surface area contributed by atoms with Crippen molar-refractivity contribution in [2.24, 2.45) is 14.1 Å². The molecule has 0 bridgehead atoms. The molecule has 37 heavy (non-hydrogen) atoms. The molecule has 11 heteroatoms. The van der Waals surface area contributed by atoms with Crippen molar-refractivity contribution in [3.05, 3.63) is 45.7 Å². The topological polar surface area (TPSA) is 114 Å². The van der Waals surface area contributed by atoms with E-state index in [1.165, 1.54) is 0 Å². The number of halogens is 1. The van der Waals surface area contributed by atoms with Gasteiger partial charge in [0.25, 0.3) is 0 Å². The maximum atomic E-state index is 12.3. The quantitative estimate of drug-likeness (QED) is 0.368. The number of nitrogens with zero attached hydrogens (tertiary/aromatic N) is 6. The van der Waals surface area contributed by atoms with Crippen LogP contribution >= 0.6 is 15.9 Å². The van der Waals surface area contributed by atoms with Crippen LogP contribution in [0.15, 0.2) is 22.9 Å². The second-order valence-corrected chi connectivity index (χ2v) is 10.7. The average Bonchev–Trinajstić information content (AvgIpc) is 3.24. The third kappa shape index (κ3) is 9.07. The molecule has 10 nitrogen and oxygen atoms in total. The lowest BCUT2D eigenvalue weighted by Gasteiger charge is -2.18. The molecule has 0 aromatic carbocycles. The van der Waals surface area contributed by atoms with E-state index in [-0.39, 0.29) is 5.69 Å². The lowest BCUT2D eigenvalue weighted by atomic mass is 10.1. The smallest absolute Gasteiger partial charge is 0.360 e. The Labute approximate surface area is 227 Å². The number of esters is 2. The highest BCUT2D eigenvalue weighted by molar-refractivity contribution is 9.10. The van der Waals surface area contributed by atoms with Gasteiger partial charge in [0.2, 0.25) is 0 Å². The van der Waals surface area contributed by atoms with E-state index >= 15 is 0 Å². The Morgan fingerprint density at radius 2 is 1.19 bits per heavy atom. The van der Waals surface area contributed by atoms with Gasteiger partial charge in [-0.05, 0) is 77.4 Å². The lowest BCUT2D eigenvalue weighted by Crippen LogP contribution is -2.24. The van der Waals surface area contributed by atoms with Crippen molar-refractivity contribution in [3.63, 3.8) is 0 Å². The van der Waals surface area contributed by atoms with E-state index in [1.807, 2.05) is 69.2 Å². The maximum Gasteiger partial charge on any atom is 0.360 e. The first-order valence-corrected chi connectivity index (χ1v) is 12.8. The van der Waals surface area contributed by atoms with E-state index in [1.54, 1.807) is 41.9 Å². The summed E-state index contributed by atoms with van der Waals surface area (Å²) in [6, 6.07) is 1.72.